The number of hydrogen-bond donors (Lipinski definition) is 1. The molecule has 0 aromatic heterocycles. The van der Waals surface area contributed by atoms with Gasteiger partial charge in [-0.25, -0.2) is 9.59 Å². The molecular weight excluding hydrogens is 522 g/mol. The molecule has 4 unspecified atom stereocenters. The van der Waals surface area contributed by atoms with Crippen molar-refractivity contribution in [3.05, 3.63) is 83.4 Å². The second kappa shape index (κ2) is 16.9. The zero-order valence-electron chi connectivity index (χ0n) is 25.6. The first kappa shape index (κ1) is 34.0. The summed E-state index contributed by atoms with van der Waals surface area (Å²) < 4.78 is 28.9. The lowest BCUT2D eigenvalue weighted by Gasteiger charge is -2.32. The molecule has 2 aromatic carbocycles. The SMILES string of the molecule is C=C(C)COC(C(COCC(NC(=O)OC(C)(C)C)C(=O)OC)Cc1ccc(C)cc1)C(C)OCc1ccccc1. The Labute approximate surface area is 245 Å². The molecule has 0 saturated carbocycles. The molecule has 0 saturated heterocycles. The molecule has 1 amide bonds. The second-order valence-electron chi connectivity index (χ2n) is 11.4. The monoisotopic (exact) mass is 569 g/mol. The summed E-state index contributed by atoms with van der Waals surface area (Å²) in [6.07, 6.45) is -0.682. The molecule has 4 atom stereocenters. The van der Waals surface area contributed by atoms with Crippen LogP contribution in [0, 0.1) is 12.8 Å². The number of methoxy groups -OCH3 is 1. The van der Waals surface area contributed by atoms with Crippen LogP contribution in [0.2, 0.25) is 0 Å². The molecule has 2 rings (SSSR count). The minimum atomic E-state index is -1.03. The van der Waals surface area contributed by atoms with E-state index in [1.807, 2.05) is 51.1 Å². The highest BCUT2D eigenvalue weighted by Gasteiger charge is 2.31. The van der Waals surface area contributed by atoms with Gasteiger partial charge in [-0.15, -0.1) is 0 Å². The van der Waals surface area contributed by atoms with E-state index in [0.29, 0.717) is 19.6 Å². The van der Waals surface area contributed by atoms with Gasteiger partial charge in [0.05, 0.1) is 45.7 Å². The van der Waals surface area contributed by atoms with Crippen molar-refractivity contribution in [3.63, 3.8) is 0 Å². The Bertz CT molecular complexity index is 1080. The van der Waals surface area contributed by atoms with E-state index in [-0.39, 0.29) is 31.3 Å². The van der Waals surface area contributed by atoms with Gasteiger partial charge >= 0.3 is 12.1 Å². The predicted molar refractivity (Wildman–Crippen MR) is 160 cm³/mol. The maximum Gasteiger partial charge on any atom is 0.408 e. The molecule has 226 valence electrons. The van der Waals surface area contributed by atoms with Gasteiger partial charge in [0, 0.05) is 5.92 Å². The van der Waals surface area contributed by atoms with Crippen molar-refractivity contribution < 1.29 is 33.3 Å². The second-order valence-corrected chi connectivity index (χ2v) is 11.4. The normalized spacial score (nSPS) is 14.4. The average Bonchev–Trinajstić information content (AvgIpc) is 2.91. The van der Waals surface area contributed by atoms with Gasteiger partial charge in [0.25, 0.3) is 0 Å². The van der Waals surface area contributed by atoms with Crippen molar-refractivity contribution in [3.8, 4) is 0 Å². The van der Waals surface area contributed by atoms with E-state index in [1.165, 1.54) is 12.7 Å². The number of carbonyl (C=O) groups is 2. The first-order valence-corrected chi connectivity index (χ1v) is 14.0. The highest BCUT2D eigenvalue weighted by Crippen LogP contribution is 2.23. The van der Waals surface area contributed by atoms with Crippen LogP contribution in [-0.2, 0) is 41.5 Å². The molecule has 8 nitrogen and oxygen atoms in total. The van der Waals surface area contributed by atoms with Crippen LogP contribution in [0.15, 0.2) is 66.7 Å². The molecule has 0 aliphatic rings. The van der Waals surface area contributed by atoms with Crippen LogP contribution < -0.4 is 5.32 Å². The fraction of sp³-hybridized carbons (Fsp3) is 0.515. The number of hydrogen-bond acceptors (Lipinski definition) is 7. The van der Waals surface area contributed by atoms with E-state index in [4.69, 9.17) is 23.7 Å². The largest absolute Gasteiger partial charge is 0.467 e. The smallest absolute Gasteiger partial charge is 0.408 e. The molecule has 0 bridgehead atoms. The van der Waals surface area contributed by atoms with Crippen molar-refractivity contribution >= 4 is 12.1 Å². The molecule has 41 heavy (non-hydrogen) atoms. The lowest BCUT2D eigenvalue weighted by atomic mass is 9.91. The van der Waals surface area contributed by atoms with E-state index in [2.05, 4.69) is 36.2 Å². The standard InChI is InChI=1S/C33H47NO7/c1-23(2)19-40-30(25(4)39-20-27-12-10-9-11-13-27)28(18-26-16-14-24(3)15-17-26)21-38-22-29(31(35)37-8)34-32(36)41-33(5,6)7/h9-17,25,28-30H,1,18-22H2,2-8H3,(H,34,36). The summed E-state index contributed by atoms with van der Waals surface area (Å²) in [4.78, 5) is 24.8. The van der Waals surface area contributed by atoms with Gasteiger partial charge in [-0.3, -0.25) is 0 Å². The van der Waals surface area contributed by atoms with Crippen molar-refractivity contribution in [2.75, 3.05) is 26.9 Å². The van der Waals surface area contributed by atoms with Crippen LogP contribution in [-0.4, -0.2) is 62.8 Å². The highest BCUT2D eigenvalue weighted by molar-refractivity contribution is 5.81. The topological polar surface area (TPSA) is 92.3 Å². The first-order chi connectivity index (χ1) is 19.4. The number of ether oxygens (including phenoxy) is 5. The Hall–Kier alpha value is -3.20. The summed E-state index contributed by atoms with van der Waals surface area (Å²) in [6.45, 7) is 16.2. The Kier molecular flexibility index (Phi) is 14.0. The molecule has 0 aliphatic heterocycles. The lowest BCUT2D eigenvalue weighted by Crippen LogP contribution is -2.47. The molecule has 0 spiro atoms. The van der Waals surface area contributed by atoms with Gasteiger partial charge in [0.1, 0.15) is 5.60 Å². The van der Waals surface area contributed by atoms with Crippen LogP contribution in [0.1, 0.15) is 51.3 Å². The van der Waals surface area contributed by atoms with Crippen molar-refractivity contribution in [2.45, 2.75) is 78.4 Å². The Morgan fingerprint density at radius 3 is 2.20 bits per heavy atom. The van der Waals surface area contributed by atoms with Gasteiger partial charge in [0.2, 0.25) is 0 Å². The maximum absolute atomic E-state index is 12.4. The third-order valence-corrected chi connectivity index (χ3v) is 6.22. The van der Waals surface area contributed by atoms with E-state index in [9.17, 15) is 9.59 Å². The van der Waals surface area contributed by atoms with Crippen LogP contribution in [0.4, 0.5) is 4.79 Å². The minimum absolute atomic E-state index is 0.0945. The quantitative estimate of drug-likeness (QED) is 0.202. The summed E-state index contributed by atoms with van der Waals surface area (Å²) in [7, 11) is 1.26. The first-order valence-electron chi connectivity index (χ1n) is 14.0. The molecule has 0 aliphatic carbocycles. The van der Waals surface area contributed by atoms with Crippen LogP contribution >= 0.6 is 0 Å². The number of esters is 1. The van der Waals surface area contributed by atoms with E-state index in [1.54, 1.807) is 20.8 Å². The molecular formula is C33H47NO7. The molecule has 8 heteroatoms. The number of amides is 1. The van der Waals surface area contributed by atoms with E-state index in [0.717, 1.165) is 16.7 Å². The van der Waals surface area contributed by atoms with Gasteiger partial charge < -0.3 is 29.0 Å². The number of benzene rings is 2. The van der Waals surface area contributed by atoms with Gasteiger partial charge in [0.15, 0.2) is 6.04 Å². The van der Waals surface area contributed by atoms with Crippen molar-refractivity contribution in [1.82, 2.24) is 5.32 Å². The fourth-order valence-electron chi connectivity index (χ4n) is 4.18. The molecule has 2 aromatic rings. The van der Waals surface area contributed by atoms with E-state index < -0.39 is 23.7 Å². The average molecular weight is 570 g/mol. The summed E-state index contributed by atoms with van der Waals surface area (Å²) in [6, 6.07) is 17.3. The summed E-state index contributed by atoms with van der Waals surface area (Å²) >= 11 is 0. The van der Waals surface area contributed by atoms with Crippen molar-refractivity contribution in [2.24, 2.45) is 5.92 Å². The highest BCUT2D eigenvalue weighted by atomic mass is 16.6. The fourth-order valence-corrected chi connectivity index (χ4v) is 4.18. The van der Waals surface area contributed by atoms with Gasteiger partial charge in [-0.1, -0.05) is 72.3 Å². The number of rotatable bonds is 16. The molecule has 0 heterocycles. The number of alkyl carbamates (subject to hydrolysis) is 1. The predicted octanol–water partition coefficient (Wildman–Crippen LogP) is 5.80. The minimum Gasteiger partial charge on any atom is -0.467 e. The zero-order valence-corrected chi connectivity index (χ0v) is 25.6. The number of aryl methyl sites for hydroxylation is 1. The zero-order chi connectivity index (χ0) is 30.4. The summed E-state index contributed by atoms with van der Waals surface area (Å²) in [5.74, 6) is -0.761. The number of carbonyl (C=O) groups excluding carboxylic acids is 2. The molecule has 1 N–H and O–H groups in total. The Balaban J connectivity index is 2.22. The molecule has 0 radical (unpaired) electrons. The Morgan fingerprint density at radius 2 is 1.61 bits per heavy atom. The van der Waals surface area contributed by atoms with Gasteiger partial charge in [-0.2, -0.15) is 0 Å². The van der Waals surface area contributed by atoms with Crippen molar-refractivity contribution in [1.29, 1.82) is 0 Å². The maximum atomic E-state index is 12.4. The van der Waals surface area contributed by atoms with Crippen LogP contribution in [0.25, 0.3) is 0 Å². The van der Waals surface area contributed by atoms with E-state index >= 15 is 0 Å². The lowest BCUT2D eigenvalue weighted by molar-refractivity contribution is -0.145. The number of nitrogens with one attached hydrogen (secondary N) is 1. The summed E-state index contributed by atoms with van der Waals surface area (Å²) in [5, 5.41) is 2.56. The summed E-state index contributed by atoms with van der Waals surface area (Å²) in [5.41, 5.74) is 3.55. The van der Waals surface area contributed by atoms with Crippen LogP contribution in [0.3, 0.4) is 0 Å². The van der Waals surface area contributed by atoms with Gasteiger partial charge in [-0.05, 0) is 59.1 Å². The molecule has 0 fully saturated rings. The Morgan fingerprint density at radius 1 is 0.951 bits per heavy atom. The van der Waals surface area contributed by atoms with Crippen LogP contribution in [0.5, 0.6) is 0 Å². The third-order valence-electron chi connectivity index (χ3n) is 6.22. The third kappa shape index (κ3) is 13.3.